The minimum Gasteiger partial charge on any atom is -0.454 e. The van der Waals surface area contributed by atoms with Crippen LogP contribution in [0.2, 0.25) is 5.02 Å². The summed E-state index contributed by atoms with van der Waals surface area (Å²) in [5.74, 6) is 1.23. The molecule has 1 N–H and O–H groups in total. The maximum Gasteiger partial charge on any atom is 0.416 e. The number of hydrogen-bond donors (Lipinski definition) is 1. The molecular formula is C19H18ClF3N2O2. The van der Waals surface area contributed by atoms with E-state index in [4.69, 9.17) is 21.1 Å². The molecule has 0 radical (unpaired) electrons. The van der Waals surface area contributed by atoms with E-state index in [1.165, 1.54) is 6.07 Å². The van der Waals surface area contributed by atoms with Crippen molar-refractivity contribution in [2.45, 2.75) is 12.2 Å². The third-order valence-electron chi connectivity index (χ3n) is 4.85. The van der Waals surface area contributed by atoms with E-state index in [0.717, 1.165) is 30.8 Å². The summed E-state index contributed by atoms with van der Waals surface area (Å²) in [4.78, 5) is 2.13. The van der Waals surface area contributed by atoms with Gasteiger partial charge in [-0.15, -0.1) is 0 Å². The Morgan fingerprint density at radius 1 is 1.00 bits per heavy atom. The predicted octanol–water partition coefficient (Wildman–Crippen LogP) is 4.08. The number of alkyl halides is 3. The molecule has 1 fully saturated rings. The zero-order chi connectivity index (χ0) is 19.0. The average Bonchev–Trinajstić information content (AvgIpc) is 3.11. The van der Waals surface area contributed by atoms with Crippen LogP contribution in [0.4, 0.5) is 13.2 Å². The molecule has 1 unspecified atom stereocenters. The highest BCUT2D eigenvalue weighted by atomic mass is 35.5. The van der Waals surface area contributed by atoms with Crippen molar-refractivity contribution in [2.75, 3.05) is 33.0 Å². The van der Waals surface area contributed by atoms with Crippen molar-refractivity contribution < 1.29 is 22.6 Å². The number of benzene rings is 2. The molecule has 0 amide bonds. The van der Waals surface area contributed by atoms with Gasteiger partial charge in [0.25, 0.3) is 0 Å². The van der Waals surface area contributed by atoms with Gasteiger partial charge in [-0.05, 0) is 41.5 Å². The SMILES string of the molecule is FC(F)(F)c1ccc(Cl)c(C(c2ccc3c(c2)OCO3)N2CCNCC2)c1. The third kappa shape index (κ3) is 3.72. The molecule has 2 aliphatic rings. The van der Waals surface area contributed by atoms with Crippen LogP contribution < -0.4 is 14.8 Å². The van der Waals surface area contributed by atoms with Gasteiger partial charge >= 0.3 is 6.18 Å². The van der Waals surface area contributed by atoms with Gasteiger partial charge in [0.1, 0.15) is 0 Å². The molecule has 2 aliphatic heterocycles. The smallest absolute Gasteiger partial charge is 0.416 e. The molecule has 2 aromatic rings. The fraction of sp³-hybridized carbons (Fsp3) is 0.368. The average molecular weight is 399 g/mol. The molecule has 8 heteroatoms. The number of rotatable bonds is 3. The summed E-state index contributed by atoms with van der Waals surface area (Å²) >= 11 is 6.36. The van der Waals surface area contributed by atoms with Crippen molar-refractivity contribution in [3.63, 3.8) is 0 Å². The lowest BCUT2D eigenvalue weighted by Crippen LogP contribution is -2.45. The van der Waals surface area contributed by atoms with Crippen LogP contribution in [-0.4, -0.2) is 37.9 Å². The van der Waals surface area contributed by atoms with Crippen molar-refractivity contribution in [3.05, 3.63) is 58.1 Å². The highest BCUT2D eigenvalue weighted by Crippen LogP contribution is 2.41. The Morgan fingerprint density at radius 3 is 2.48 bits per heavy atom. The van der Waals surface area contributed by atoms with E-state index in [2.05, 4.69) is 10.2 Å². The Morgan fingerprint density at radius 2 is 1.74 bits per heavy atom. The van der Waals surface area contributed by atoms with E-state index in [9.17, 15) is 13.2 Å². The Kier molecular flexibility index (Phi) is 4.92. The maximum atomic E-state index is 13.3. The van der Waals surface area contributed by atoms with Crippen LogP contribution in [0.5, 0.6) is 11.5 Å². The summed E-state index contributed by atoms with van der Waals surface area (Å²) in [5, 5.41) is 3.57. The minimum absolute atomic E-state index is 0.140. The van der Waals surface area contributed by atoms with Crippen LogP contribution in [-0.2, 0) is 6.18 Å². The number of piperazine rings is 1. The number of hydrogen-bond acceptors (Lipinski definition) is 4. The lowest BCUT2D eigenvalue weighted by molar-refractivity contribution is -0.137. The molecule has 144 valence electrons. The Bertz CT molecular complexity index is 838. The molecule has 0 bridgehead atoms. The second-order valence-corrected chi connectivity index (χ2v) is 6.94. The summed E-state index contributed by atoms with van der Waals surface area (Å²) in [6.45, 7) is 3.06. The molecule has 1 atom stereocenters. The molecule has 0 spiro atoms. The first-order chi connectivity index (χ1) is 12.9. The summed E-state index contributed by atoms with van der Waals surface area (Å²) in [7, 11) is 0. The lowest BCUT2D eigenvalue weighted by Gasteiger charge is -2.36. The van der Waals surface area contributed by atoms with E-state index < -0.39 is 17.8 Å². The van der Waals surface area contributed by atoms with Crippen LogP contribution in [0.15, 0.2) is 36.4 Å². The van der Waals surface area contributed by atoms with Gasteiger partial charge < -0.3 is 14.8 Å². The van der Waals surface area contributed by atoms with Gasteiger partial charge in [0.05, 0.1) is 11.6 Å². The second-order valence-electron chi connectivity index (χ2n) is 6.54. The number of nitrogens with zero attached hydrogens (tertiary/aromatic N) is 1. The maximum absolute atomic E-state index is 13.3. The first kappa shape index (κ1) is 18.4. The molecule has 0 saturated carbocycles. The van der Waals surface area contributed by atoms with Crippen LogP contribution in [0.1, 0.15) is 22.7 Å². The van der Waals surface area contributed by atoms with Crippen molar-refractivity contribution in [2.24, 2.45) is 0 Å². The van der Waals surface area contributed by atoms with Gasteiger partial charge in [-0.2, -0.15) is 13.2 Å². The normalized spacial score (nSPS) is 18.5. The summed E-state index contributed by atoms with van der Waals surface area (Å²) in [5.41, 5.74) is 0.553. The van der Waals surface area contributed by atoms with Crippen LogP contribution in [0.25, 0.3) is 0 Å². The van der Waals surface area contributed by atoms with Gasteiger partial charge in [-0.1, -0.05) is 17.7 Å². The minimum atomic E-state index is -4.43. The van der Waals surface area contributed by atoms with Crippen molar-refractivity contribution >= 4 is 11.6 Å². The zero-order valence-corrected chi connectivity index (χ0v) is 15.1. The molecule has 4 nitrogen and oxygen atoms in total. The number of ether oxygens (including phenoxy) is 2. The lowest BCUT2D eigenvalue weighted by atomic mass is 9.94. The third-order valence-corrected chi connectivity index (χ3v) is 5.19. The van der Waals surface area contributed by atoms with Gasteiger partial charge in [-0.3, -0.25) is 4.90 Å². The first-order valence-electron chi connectivity index (χ1n) is 8.64. The summed E-state index contributed by atoms with van der Waals surface area (Å²) < 4.78 is 50.7. The highest BCUT2D eigenvalue weighted by Gasteiger charge is 2.34. The van der Waals surface area contributed by atoms with E-state index in [1.54, 1.807) is 6.07 Å². The molecule has 1 saturated heterocycles. The fourth-order valence-electron chi connectivity index (χ4n) is 3.54. The quantitative estimate of drug-likeness (QED) is 0.844. The van der Waals surface area contributed by atoms with Crippen molar-refractivity contribution in [1.82, 2.24) is 10.2 Å². The van der Waals surface area contributed by atoms with E-state index in [-0.39, 0.29) is 6.79 Å². The first-order valence-corrected chi connectivity index (χ1v) is 9.02. The number of halogens is 4. The van der Waals surface area contributed by atoms with Crippen molar-refractivity contribution in [1.29, 1.82) is 0 Å². The Labute approximate surface area is 159 Å². The highest BCUT2D eigenvalue weighted by molar-refractivity contribution is 6.31. The molecular weight excluding hydrogens is 381 g/mol. The molecule has 4 rings (SSSR count). The number of nitrogens with one attached hydrogen (secondary N) is 1. The van der Waals surface area contributed by atoms with Crippen molar-refractivity contribution in [3.8, 4) is 11.5 Å². The van der Waals surface area contributed by atoms with Gasteiger partial charge in [0.2, 0.25) is 6.79 Å². The van der Waals surface area contributed by atoms with Crippen LogP contribution >= 0.6 is 11.6 Å². The largest absolute Gasteiger partial charge is 0.454 e. The van der Waals surface area contributed by atoms with Gasteiger partial charge in [0, 0.05) is 31.2 Å². The Balaban J connectivity index is 1.81. The summed E-state index contributed by atoms with van der Waals surface area (Å²) in [6.07, 6.45) is -4.43. The van der Waals surface area contributed by atoms with E-state index >= 15 is 0 Å². The van der Waals surface area contributed by atoms with Gasteiger partial charge in [-0.25, -0.2) is 0 Å². The predicted molar refractivity (Wildman–Crippen MR) is 95.3 cm³/mol. The molecule has 2 heterocycles. The topological polar surface area (TPSA) is 33.7 Å². The molecule has 2 aromatic carbocycles. The Hall–Kier alpha value is -1.96. The summed E-state index contributed by atoms with van der Waals surface area (Å²) in [6, 6.07) is 8.55. The molecule has 0 aromatic heterocycles. The van der Waals surface area contributed by atoms with Crippen LogP contribution in [0.3, 0.4) is 0 Å². The fourth-order valence-corrected chi connectivity index (χ4v) is 3.76. The standard InChI is InChI=1S/C19H18ClF3N2O2/c20-15-3-2-13(19(21,22)23)10-14(15)18(25-7-5-24-6-8-25)12-1-4-16-17(9-12)27-11-26-16/h1-4,9-10,18,24H,5-8,11H2. The number of fused-ring (bicyclic) bond motifs is 1. The monoisotopic (exact) mass is 398 g/mol. The molecule has 0 aliphatic carbocycles. The van der Waals surface area contributed by atoms with E-state index in [1.807, 2.05) is 12.1 Å². The molecule has 27 heavy (non-hydrogen) atoms. The van der Waals surface area contributed by atoms with Gasteiger partial charge in [0.15, 0.2) is 11.5 Å². The second kappa shape index (κ2) is 7.22. The van der Waals surface area contributed by atoms with Crippen LogP contribution in [0, 0.1) is 0 Å². The van der Waals surface area contributed by atoms with E-state index in [0.29, 0.717) is 35.2 Å². The zero-order valence-electron chi connectivity index (χ0n) is 14.4.